The molecule has 0 radical (unpaired) electrons. The molecule has 0 aliphatic carbocycles. The maximum atomic E-state index is 13.0. The SMILES string of the molecule is COc1ccc(Cn2c(C)cc(OCc3ccccc3C#N)c(I)c2=O)c(OC)c1. The number of nitrogens with zero attached hydrogens (tertiary/aromatic N) is 2. The summed E-state index contributed by atoms with van der Waals surface area (Å²) < 4.78 is 18.8. The first-order chi connectivity index (χ1) is 14.5. The van der Waals surface area contributed by atoms with Crippen molar-refractivity contribution in [1.29, 1.82) is 5.26 Å². The van der Waals surface area contributed by atoms with Gasteiger partial charge in [-0.25, -0.2) is 0 Å². The monoisotopic (exact) mass is 516 g/mol. The molecule has 0 N–H and O–H groups in total. The topological polar surface area (TPSA) is 73.5 Å². The molecule has 6 nitrogen and oxygen atoms in total. The highest BCUT2D eigenvalue weighted by molar-refractivity contribution is 14.1. The lowest BCUT2D eigenvalue weighted by Gasteiger charge is -2.16. The van der Waals surface area contributed by atoms with Gasteiger partial charge in [0.15, 0.2) is 0 Å². The van der Waals surface area contributed by atoms with Crippen LogP contribution < -0.4 is 19.8 Å². The first-order valence-electron chi connectivity index (χ1n) is 9.20. The molecule has 30 heavy (non-hydrogen) atoms. The van der Waals surface area contributed by atoms with Gasteiger partial charge >= 0.3 is 0 Å². The Balaban J connectivity index is 1.88. The Hall–Kier alpha value is -2.99. The number of hydrogen-bond donors (Lipinski definition) is 0. The molecule has 2 aromatic carbocycles. The molecule has 1 heterocycles. The van der Waals surface area contributed by atoms with Crippen LogP contribution in [0.3, 0.4) is 0 Å². The molecule has 0 spiro atoms. The summed E-state index contributed by atoms with van der Waals surface area (Å²) in [6.45, 7) is 2.45. The zero-order valence-electron chi connectivity index (χ0n) is 16.9. The normalized spacial score (nSPS) is 10.4. The van der Waals surface area contributed by atoms with Crippen molar-refractivity contribution >= 4 is 22.6 Å². The molecule has 0 aliphatic heterocycles. The van der Waals surface area contributed by atoms with Gasteiger partial charge in [0.05, 0.1) is 32.4 Å². The van der Waals surface area contributed by atoms with E-state index in [1.807, 2.05) is 65.9 Å². The van der Waals surface area contributed by atoms with Crippen LogP contribution in [0.2, 0.25) is 0 Å². The van der Waals surface area contributed by atoms with Gasteiger partial charge in [0.2, 0.25) is 0 Å². The summed E-state index contributed by atoms with van der Waals surface area (Å²) in [5, 5.41) is 9.23. The molecular formula is C23H21IN2O4. The predicted molar refractivity (Wildman–Crippen MR) is 122 cm³/mol. The Morgan fingerprint density at radius 2 is 1.80 bits per heavy atom. The van der Waals surface area contributed by atoms with Crippen LogP contribution in [0.25, 0.3) is 0 Å². The number of hydrogen-bond acceptors (Lipinski definition) is 5. The summed E-state index contributed by atoms with van der Waals surface area (Å²) in [6, 6.07) is 16.8. The summed E-state index contributed by atoms with van der Waals surface area (Å²) in [6.07, 6.45) is 0. The first-order valence-corrected chi connectivity index (χ1v) is 10.3. The molecule has 3 rings (SSSR count). The summed E-state index contributed by atoms with van der Waals surface area (Å²) in [5.41, 5.74) is 2.83. The van der Waals surface area contributed by atoms with E-state index < -0.39 is 0 Å². The van der Waals surface area contributed by atoms with Crippen LogP contribution in [0, 0.1) is 21.8 Å². The molecule has 0 amide bonds. The van der Waals surface area contributed by atoms with Gasteiger partial charge in [-0.2, -0.15) is 5.26 Å². The number of pyridine rings is 1. The maximum absolute atomic E-state index is 13.0. The third-order valence-corrected chi connectivity index (χ3v) is 5.75. The number of benzene rings is 2. The first kappa shape index (κ1) is 21.7. The molecular weight excluding hydrogens is 495 g/mol. The minimum atomic E-state index is -0.142. The van der Waals surface area contributed by atoms with E-state index in [1.165, 1.54) is 0 Å². The fraction of sp³-hybridized carbons (Fsp3) is 0.217. The number of halogens is 1. The van der Waals surface area contributed by atoms with Crippen LogP contribution in [0.15, 0.2) is 53.3 Å². The quantitative estimate of drug-likeness (QED) is 0.439. The molecule has 1 aromatic heterocycles. The van der Waals surface area contributed by atoms with Crippen LogP contribution in [0.1, 0.15) is 22.4 Å². The van der Waals surface area contributed by atoms with Gasteiger partial charge in [-0.05, 0) is 47.7 Å². The predicted octanol–water partition coefficient (Wildman–Crippen LogP) is 4.28. The summed E-state index contributed by atoms with van der Waals surface area (Å²) in [4.78, 5) is 13.0. The highest BCUT2D eigenvalue weighted by atomic mass is 127. The fourth-order valence-corrected chi connectivity index (χ4v) is 3.68. The van der Waals surface area contributed by atoms with Crippen LogP contribution in [0.5, 0.6) is 17.2 Å². The van der Waals surface area contributed by atoms with Gasteiger partial charge in [0.1, 0.15) is 27.4 Å². The van der Waals surface area contributed by atoms with Crippen molar-refractivity contribution in [3.8, 4) is 23.3 Å². The van der Waals surface area contributed by atoms with Gasteiger partial charge < -0.3 is 18.8 Å². The molecule has 0 saturated carbocycles. The average molecular weight is 516 g/mol. The lowest BCUT2D eigenvalue weighted by Crippen LogP contribution is -2.26. The summed E-state index contributed by atoms with van der Waals surface area (Å²) in [7, 11) is 3.19. The van der Waals surface area contributed by atoms with Crippen molar-refractivity contribution in [2.45, 2.75) is 20.1 Å². The minimum absolute atomic E-state index is 0.142. The number of aryl methyl sites for hydroxylation is 1. The van der Waals surface area contributed by atoms with E-state index >= 15 is 0 Å². The van der Waals surface area contributed by atoms with Crippen molar-refractivity contribution in [2.24, 2.45) is 0 Å². The van der Waals surface area contributed by atoms with Crippen LogP contribution in [-0.2, 0) is 13.2 Å². The van der Waals surface area contributed by atoms with Gasteiger partial charge in [-0.15, -0.1) is 0 Å². The highest BCUT2D eigenvalue weighted by Crippen LogP contribution is 2.26. The third kappa shape index (κ3) is 4.60. The second kappa shape index (κ2) is 9.67. The van der Waals surface area contributed by atoms with Crippen molar-refractivity contribution in [3.05, 3.63) is 84.8 Å². The van der Waals surface area contributed by atoms with Crippen LogP contribution in [0.4, 0.5) is 0 Å². The number of aromatic nitrogens is 1. The number of ether oxygens (including phenoxy) is 3. The largest absolute Gasteiger partial charge is 0.497 e. The smallest absolute Gasteiger partial charge is 0.268 e. The maximum Gasteiger partial charge on any atom is 0.268 e. The lowest BCUT2D eigenvalue weighted by atomic mass is 10.1. The molecule has 7 heteroatoms. The Labute approximate surface area is 188 Å². The third-order valence-electron chi connectivity index (χ3n) is 4.76. The average Bonchev–Trinajstić information content (AvgIpc) is 2.78. The Morgan fingerprint density at radius 1 is 1.03 bits per heavy atom. The Bertz CT molecular complexity index is 1160. The molecule has 0 atom stereocenters. The van der Waals surface area contributed by atoms with Gasteiger partial charge in [0.25, 0.3) is 5.56 Å². The van der Waals surface area contributed by atoms with Crippen molar-refractivity contribution in [2.75, 3.05) is 14.2 Å². The second-order valence-corrected chi connectivity index (χ2v) is 7.67. The number of rotatable bonds is 7. The molecule has 3 aromatic rings. The molecule has 0 unspecified atom stereocenters. The zero-order chi connectivity index (χ0) is 21.7. The zero-order valence-corrected chi connectivity index (χ0v) is 19.1. The molecule has 0 aliphatic rings. The summed E-state index contributed by atoms with van der Waals surface area (Å²) in [5.74, 6) is 1.85. The van der Waals surface area contributed by atoms with E-state index in [-0.39, 0.29) is 12.2 Å². The second-order valence-electron chi connectivity index (χ2n) is 6.59. The van der Waals surface area contributed by atoms with Gasteiger partial charge in [-0.3, -0.25) is 4.79 Å². The van der Waals surface area contributed by atoms with Gasteiger partial charge in [-0.1, -0.05) is 18.2 Å². The fourth-order valence-electron chi connectivity index (χ4n) is 3.08. The van der Waals surface area contributed by atoms with E-state index in [9.17, 15) is 10.1 Å². The van der Waals surface area contributed by atoms with E-state index in [1.54, 1.807) is 30.9 Å². The number of methoxy groups -OCH3 is 2. The molecule has 0 saturated heterocycles. The van der Waals surface area contributed by atoms with Gasteiger partial charge in [0, 0.05) is 29.0 Å². The Morgan fingerprint density at radius 3 is 2.50 bits per heavy atom. The van der Waals surface area contributed by atoms with E-state index in [2.05, 4.69) is 6.07 Å². The van der Waals surface area contributed by atoms with E-state index in [4.69, 9.17) is 14.2 Å². The lowest BCUT2D eigenvalue weighted by molar-refractivity contribution is 0.301. The summed E-state index contributed by atoms with van der Waals surface area (Å²) >= 11 is 2.01. The van der Waals surface area contributed by atoms with E-state index in [0.717, 1.165) is 16.8 Å². The van der Waals surface area contributed by atoms with Crippen molar-refractivity contribution in [3.63, 3.8) is 0 Å². The standard InChI is InChI=1S/C23H21IN2O4/c1-15-10-21(30-14-18-7-5-4-6-16(18)12-25)22(24)23(27)26(15)13-17-8-9-19(28-2)11-20(17)29-3/h4-11H,13-14H2,1-3H3. The Kier molecular flexibility index (Phi) is 7.00. The van der Waals surface area contributed by atoms with Crippen LogP contribution >= 0.6 is 22.6 Å². The van der Waals surface area contributed by atoms with E-state index in [0.29, 0.717) is 32.9 Å². The minimum Gasteiger partial charge on any atom is -0.497 e. The molecule has 0 fully saturated rings. The molecule has 0 bridgehead atoms. The number of nitriles is 1. The van der Waals surface area contributed by atoms with Crippen molar-refractivity contribution < 1.29 is 14.2 Å². The van der Waals surface area contributed by atoms with Crippen LogP contribution in [-0.4, -0.2) is 18.8 Å². The molecule has 154 valence electrons. The van der Waals surface area contributed by atoms with Crippen molar-refractivity contribution in [1.82, 2.24) is 4.57 Å². The highest BCUT2D eigenvalue weighted by Gasteiger charge is 2.15.